The van der Waals surface area contributed by atoms with Crippen LogP contribution < -0.4 is 43.4 Å². The number of carboxylic acids is 3. The molecule has 1 heterocycles. The van der Waals surface area contributed by atoms with Crippen LogP contribution in [0.15, 0.2) is 12.5 Å². The van der Waals surface area contributed by atoms with Gasteiger partial charge < -0.3 is 63.7 Å². The molecule has 0 saturated carbocycles. The van der Waals surface area contributed by atoms with Gasteiger partial charge in [0.1, 0.15) is 30.2 Å². The summed E-state index contributed by atoms with van der Waals surface area (Å²) in [4.78, 5) is 121. The second kappa shape index (κ2) is 25.5. The van der Waals surface area contributed by atoms with E-state index in [9.17, 15) is 58.5 Å². The van der Waals surface area contributed by atoms with Gasteiger partial charge in [-0.2, -0.15) is 0 Å². The topological polar surface area (TPSA) is 367 Å². The molecule has 0 aromatic carbocycles. The van der Waals surface area contributed by atoms with Gasteiger partial charge in [-0.1, -0.05) is 27.7 Å². The van der Waals surface area contributed by atoms with Gasteiger partial charge in [-0.05, 0) is 56.9 Å². The van der Waals surface area contributed by atoms with E-state index < -0.39 is 115 Å². The molecular formula is C35H58N10O12. The Morgan fingerprint density at radius 3 is 1.79 bits per heavy atom. The first kappa shape index (κ1) is 49.4. The van der Waals surface area contributed by atoms with Crippen molar-refractivity contribution >= 4 is 53.4 Å². The Morgan fingerprint density at radius 1 is 0.684 bits per heavy atom. The highest BCUT2D eigenvalue weighted by Crippen LogP contribution is 2.09. The van der Waals surface area contributed by atoms with E-state index in [4.69, 9.17) is 11.5 Å². The molecule has 57 heavy (non-hydrogen) atoms. The van der Waals surface area contributed by atoms with E-state index in [1.807, 2.05) is 13.8 Å². The number of imidazole rings is 1. The monoisotopic (exact) mass is 810 g/mol. The molecule has 1 aromatic rings. The maximum atomic E-state index is 13.7. The van der Waals surface area contributed by atoms with Crippen LogP contribution in [-0.4, -0.2) is 128 Å². The molecule has 0 fully saturated rings. The molecule has 0 aliphatic carbocycles. The fourth-order valence-corrected chi connectivity index (χ4v) is 5.44. The number of aliphatic carboxylic acids is 3. The molecule has 6 atom stereocenters. The number of aromatic nitrogens is 2. The maximum absolute atomic E-state index is 13.7. The largest absolute Gasteiger partial charge is 0.481 e. The first-order chi connectivity index (χ1) is 26.7. The summed E-state index contributed by atoms with van der Waals surface area (Å²) in [5.41, 5.74) is 11.8. The third-order valence-electron chi connectivity index (χ3n) is 8.30. The normalized spacial score (nSPS) is 14.2. The lowest BCUT2D eigenvalue weighted by Crippen LogP contribution is -2.59. The lowest BCUT2D eigenvalue weighted by atomic mass is 10.0. The number of nitrogens with one attached hydrogen (secondary N) is 7. The standard InChI is InChI=1S/C35H58N10O12/c1-18(2)11-21(37)30(51)42-22(7-5-6-10-36)31(52)39-16-27(46)41-24(13-20-15-38-17-40-20)33(54)43-23(8-9-28(47)48)32(53)44-25(14-29(49)50)34(55)45-26(35(56)57)12-19(3)4/h15,17-19,21-26H,5-14,16,36-37H2,1-4H3,(H,38,40)(H,39,52)(H,41,46)(H,42,51)(H,43,54)(H,44,53)(H,45,55)(H,47,48)(H,49,50)(H,56,57)/t21-,22-,23-,24-,25-,26-/m0/s1. The average Bonchev–Trinajstić information content (AvgIpc) is 3.63. The third-order valence-corrected chi connectivity index (χ3v) is 8.30. The van der Waals surface area contributed by atoms with E-state index in [1.54, 1.807) is 13.8 Å². The van der Waals surface area contributed by atoms with E-state index in [2.05, 4.69) is 41.9 Å². The molecule has 1 rings (SSSR count). The highest BCUT2D eigenvalue weighted by atomic mass is 16.4. The molecule has 0 spiro atoms. The van der Waals surface area contributed by atoms with Crippen molar-refractivity contribution in [2.45, 2.75) is 122 Å². The molecule has 0 bridgehead atoms. The van der Waals surface area contributed by atoms with Crippen molar-refractivity contribution in [2.24, 2.45) is 23.3 Å². The fourth-order valence-electron chi connectivity index (χ4n) is 5.44. The number of carbonyl (C=O) groups is 9. The Balaban J connectivity index is 3.22. The number of nitrogens with zero attached hydrogens (tertiary/aromatic N) is 1. The minimum atomic E-state index is -1.83. The molecule has 22 heteroatoms. The Labute approximate surface area is 329 Å². The van der Waals surface area contributed by atoms with E-state index in [0.717, 1.165) is 0 Å². The van der Waals surface area contributed by atoms with Crippen molar-refractivity contribution in [3.05, 3.63) is 18.2 Å². The fraction of sp³-hybridized carbons (Fsp3) is 0.657. The van der Waals surface area contributed by atoms with Crippen LogP contribution in [0.1, 0.15) is 84.8 Å². The average molecular weight is 811 g/mol. The minimum Gasteiger partial charge on any atom is -0.481 e. The number of carbonyl (C=O) groups excluding carboxylic acids is 6. The van der Waals surface area contributed by atoms with Gasteiger partial charge in [0.25, 0.3) is 0 Å². The SMILES string of the molecule is CC(C)C[C@H](NC(=O)[C@H](CC(=O)O)NC(=O)[C@H](CCC(=O)O)NC(=O)[C@H](Cc1c[nH]cn1)NC(=O)CNC(=O)[C@H](CCCCN)NC(=O)[C@@H](N)CC(C)C)C(=O)O. The molecule has 0 aliphatic heterocycles. The van der Waals surface area contributed by atoms with Gasteiger partial charge in [-0.15, -0.1) is 0 Å². The predicted octanol–water partition coefficient (Wildman–Crippen LogP) is -2.54. The number of rotatable bonds is 28. The van der Waals surface area contributed by atoms with Crippen LogP contribution in [0.5, 0.6) is 0 Å². The summed E-state index contributed by atoms with van der Waals surface area (Å²) in [5.74, 6) is -9.84. The molecule has 0 radical (unpaired) electrons. The number of amides is 6. The van der Waals surface area contributed by atoms with Gasteiger partial charge >= 0.3 is 17.9 Å². The first-order valence-corrected chi connectivity index (χ1v) is 18.6. The highest BCUT2D eigenvalue weighted by molar-refractivity contribution is 5.97. The van der Waals surface area contributed by atoms with Gasteiger partial charge in [0, 0.05) is 19.0 Å². The second-order valence-corrected chi connectivity index (χ2v) is 14.4. The summed E-state index contributed by atoms with van der Waals surface area (Å²) in [6.07, 6.45) is 1.84. The van der Waals surface area contributed by atoms with Gasteiger partial charge in [0.15, 0.2) is 0 Å². The van der Waals surface area contributed by atoms with Crippen LogP contribution in [0.4, 0.5) is 0 Å². The quantitative estimate of drug-likeness (QED) is 0.0388. The smallest absolute Gasteiger partial charge is 0.326 e. The maximum Gasteiger partial charge on any atom is 0.326 e. The van der Waals surface area contributed by atoms with Crippen LogP contribution in [-0.2, 0) is 49.6 Å². The summed E-state index contributed by atoms with van der Waals surface area (Å²) in [5, 5.41) is 42.4. The number of H-pyrrole nitrogens is 1. The summed E-state index contributed by atoms with van der Waals surface area (Å²) in [7, 11) is 0. The van der Waals surface area contributed by atoms with Crippen molar-refractivity contribution < 1.29 is 58.5 Å². The first-order valence-electron chi connectivity index (χ1n) is 18.6. The Kier molecular flexibility index (Phi) is 22.1. The number of hydrogen-bond donors (Lipinski definition) is 12. The van der Waals surface area contributed by atoms with Crippen molar-refractivity contribution in [3.8, 4) is 0 Å². The zero-order valence-electron chi connectivity index (χ0n) is 32.7. The molecule has 0 unspecified atom stereocenters. The predicted molar refractivity (Wildman–Crippen MR) is 202 cm³/mol. The van der Waals surface area contributed by atoms with Gasteiger partial charge in [0.2, 0.25) is 35.4 Å². The molecule has 320 valence electrons. The molecular weight excluding hydrogens is 752 g/mol. The highest BCUT2D eigenvalue weighted by Gasteiger charge is 2.33. The number of aromatic amines is 1. The lowest BCUT2D eigenvalue weighted by molar-refractivity contribution is -0.144. The Hall–Kier alpha value is -5.64. The van der Waals surface area contributed by atoms with Crippen molar-refractivity contribution in [2.75, 3.05) is 13.1 Å². The van der Waals surface area contributed by atoms with Crippen LogP contribution >= 0.6 is 0 Å². The van der Waals surface area contributed by atoms with Crippen LogP contribution in [0.2, 0.25) is 0 Å². The van der Waals surface area contributed by atoms with Gasteiger partial charge in [-0.3, -0.25) is 38.4 Å². The number of carboxylic acid groups (broad SMARTS) is 3. The zero-order chi connectivity index (χ0) is 43.2. The summed E-state index contributed by atoms with van der Waals surface area (Å²) < 4.78 is 0. The Bertz CT molecular complexity index is 1520. The molecule has 0 saturated heterocycles. The summed E-state index contributed by atoms with van der Waals surface area (Å²) >= 11 is 0. The van der Waals surface area contributed by atoms with E-state index in [0.29, 0.717) is 25.8 Å². The number of nitrogens with two attached hydrogens (primary N) is 2. The van der Waals surface area contributed by atoms with E-state index >= 15 is 0 Å². The lowest BCUT2D eigenvalue weighted by Gasteiger charge is -2.25. The molecule has 0 aliphatic rings. The summed E-state index contributed by atoms with van der Waals surface area (Å²) in [6.45, 7) is 6.85. The van der Waals surface area contributed by atoms with Crippen LogP contribution in [0.3, 0.4) is 0 Å². The van der Waals surface area contributed by atoms with Crippen molar-refractivity contribution in [1.82, 2.24) is 41.9 Å². The summed E-state index contributed by atoms with van der Waals surface area (Å²) in [6, 6.07) is -8.34. The van der Waals surface area contributed by atoms with Crippen LogP contribution in [0.25, 0.3) is 0 Å². The molecule has 1 aromatic heterocycles. The molecule has 6 amide bonds. The van der Waals surface area contributed by atoms with E-state index in [-0.39, 0.29) is 36.8 Å². The van der Waals surface area contributed by atoms with Crippen molar-refractivity contribution in [3.63, 3.8) is 0 Å². The third kappa shape index (κ3) is 20.2. The van der Waals surface area contributed by atoms with Gasteiger partial charge in [-0.25, -0.2) is 9.78 Å². The van der Waals surface area contributed by atoms with E-state index in [1.165, 1.54) is 12.5 Å². The molecule has 14 N–H and O–H groups in total. The van der Waals surface area contributed by atoms with Gasteiger partial charge in [0.05, 0.1) is 31.0 Å². The van der Waals surface area contributed by atoms with Crippen molar-refractivity contribution in [1.29, 1.82) is 0 Å². The van der Waals surface area contributed by atoms with Crippen LogP contribution in [0, 0.1) is 11.8 Å². The minimum absolute atomic E-state index is 0.0159. The zero-order valence-corrected chi connectivity index (χ0v) is 32.7. The number of hydrogen-bond acceptors (Lipinski definition) is 12. The number of unbranched alkanes of at least 4 members (excludes halogenated alkanes) is 1. The molecule has 22 nitrogen and oxygen atoms in total. The Morgan fingerprint density at radius 2 is 1.25 bits per heavy atom. The second-order valence-electron chi connectivity index (χ2n) is 14.4.